The molecule has 5 nitrogen and oxygen atoms in total. The first-order chi connectivity index (χ1) is 10.2. The average Bonchev–Trinajstić information content (AvgIpc) is 3.20. The Hall–Kier alpha value is -1.66. The number of H-pyrrole nitrogens is 1. The van der Waals surface area contributed by atoms with Gasteiger partial charge in [0, 0.05) is 29.9 Å². The van der Waals surface area contributed by atoms with Gasteiger partial charge in [-0.2, -0.15) is 5.10 Å². The Bertz CT molecular complexity index is 588. The summed E-state index contributed by atoms with van der Waals surface area (Å²) in [6, 6.07) is 4.22. The van der Waals surface area contributed by atoms with Crippen molar-refractivity contribution in [2.45, 2.75) is 31.7 Å². The van der Waals surface area contributed by atoms with Crippen molar-refractivity contribution in [1.82, 2.24) is 15.5 Å². The molecule has 6 heteroatoms. The highest BCUT2D eigenvalue weighted by Crippen LogP contribution is 2.26. The molecular formula is C15H19N3O2S. The van der Waals surface area contributed by atoms with E-state index in [0.717, 1.165) is 25.1 Å². The molecule has 3 rings (SSSR count). The maximum absolute atomic E-state index is 12.4. The Labute approximate surface area is 127 Å². The SMILES string of the molecule is C[C@@H](Cc1cccs1)NC(=O)c1cn[nH]c1[C@H]1CCOC1. The van der Waals surface area contributed by atoms with Crippen LogP contribution in [0.1, 0.15) is 40.2 Å². The third kappa shape index (κ3) is 3.33. The normalized spacial score (nSPS) is 19.6. The first-order valence-electron chi connectivity index (χ1n) is 7.18. The zero-order chi connectivity index (χ0) is 14.7. The van der Waals surface area contributed by atoms with Crippen molar-refractivity contribution in [1.29, 1.82) is 0 Å². The fourth-order valence-electron chi connectivity index (χ4n) is 2.63. The number of hydrogen-bond donors (Lipinski definition) is 2. The van der Waals surface area contributed by atoms with E-state index in [1.165, 1.54) is 4.88 Å². The van der Waals surface area contributed by atoms with Gasteiger partial charge >= 0.3 is 0 Å². The second kappa shape index (κ2) is 6.41. The van der Waals surface area contributed by atoms with Crippen molar-refractivity contribution in [2.24, 2.45) is 0 Å². The Kier molecular flexibility index (Phi) is 4.36. The first-order valence-corrected chi connectivity index (χ1v) is 8.06. The van der Waals surface area contributed by atoms with E-state index < -0.39 is 0 Å². The van der Waals surface area contributed by atoms with Crippen LogP contribution in [0.3, 0.4) is 0 Å². The highest BCUT2D eigenvalue weighted by Gasteiger charge is 2.25. The van der Waals surface area contributed by atoms with Crippen LogP contribution in [0.5, 0.6) is 0 Å². The summed E-state index contributed by atoms with van der Waals surface area (Å²) in [5.41, 5.74) is 1.54. The molecule has 0 unspecified atom stereocenters. The molecule has 1 saturated heterocycles. The largest absolute Gasteiger partial charge is 0.381 e. The number of nitrogens with one attached hydrogen (secondary N) is 2. The number of amides is 1. The molecule has 0 bridgehead atoms. The molecule has 0 saturated carbocycles. The number of aromatic nitrogens is 2. The van der Waals surface area contributed by atoms with Crippen molar-refractivity contribution >= 4 is 17.2 Å². The van der Waals surface area contributed by atoms with E-state index >= 15 is 0 Å². The molecule has 1 fully saturated rings. The molecule has 0 aliphatic carbocycles. The summed E-state index contributed by atoms with van der Waals surface area (Å²) in [6.07, 6.45) is 3.40. The van der Waals surface area contributed by atoms with Crippen LogP contribution in [-0.2, 0) is 11.2 Å². The highest BCUT2D eigenvalue weighted by atomic mass is 32.1. The molecule has 0 spiro atoms. The monoisotopic (exact) mass is 305 g/mol. The summed E-state index contributed by atoms with van der Waals surface area (Å²) in [6.45, 7) is 3.43. The topological polar surface area (TPSA) is 67.0 Å². The van der Waals surface area contributed by atoms with E-state index in [1.54, 1.807) is 17.5 Å². The van der Waals surface area contributed by atoms with Gasteiger partial charge in [0.05, 0.1) is 24.1 Å². The van der Waals surface area contributed by atoms with Crippen LogP contribution in [0.4, 0.5) is 0 Å². The predicted octanol–water partition coefficient (Wildman–Crippen LogP) is 2.34. The van der Waals surface area contributed by atoms with Crippen LogP contribution in [-0.4, -0.2) is 35.4 Å². The van der Waals surface area contributed by atoms with Crippen LogP contribution in [0, 0.1) is 0 Å². The van der Waals surface area contributed by atoms with Crippen molar-refractivity contribution in [2.75, 3.05) is 13.2 Å². The molecule has 2 atom stereocenters. The quantitative estimate of drug-likeness (QED) is 0.891. The zero-order valence-electron chi connectivity index (χ0n) is 12.0. The Morgan fingerprint density at radius 3 is 3.29 bits per heavy atom. The van der Waals surface area contributed by atoms with E-state index in [2.05, 4.69) is 27.0 Å². The molecule has 2 aromatic rings. The van der Waals surface area contributed by atoms with Gasteiger partial charge in [0.1, 0.15) is 0 Å². The fraction of sp³-hybridized carbons (Fsp3) is 0.467. The Morgan fingerprint density at radius 1 is 1.67 bits per heavy atom. The molecular weight excluding hydrogens is 286 g/mol. The lowest BCUT2D eigenvalue weighted by Crippen LogP contribution is -2.34. The molecule has 1 aliphatic rings. The lowest BCUT2D eigenvalue weighted by molar-refractivity contribution is 0.0938. The van der Waals surface area contributed by atoms with E-state index in [-0.39, 0.29) is 17.9 Å². The van der Waals surface area contributed by atoms with E-state index in [4.69, 9.17) is 4.74 Å². The predicted molar refractivity (Wildman–Crippen MR) is 81.7 cm³/mol. The minimum absolute atomic E-state index is 0.0605. The summed E-state index contributed by atoms with van der Waals surface area (Å²) >= 11 is 1.71. The lowest BCUT2D eigenvalue weighted by Gasteiger charge is -2.14. The molecule has 1 aliphatic heterocycles. The zero-order valence-corrected chi connectivity index (χ0v) is 12.8. The first kappa shape index (κ1) is 14.3. The van der Waals surface area contributed by atoms with Gasteiger partial charge in [0.15, 0.2) is 0 Å². The van der Waals surface area contributed by atoms with Gasteiger partial charge in [-0.15, -0.1) is 11.3 Å². The summed E-state index contributed by atoms with van der Waals surface area (Å²) < 4.78 is 5.39. The summed E-state index contributed by atoms with van der Waals surface area (Å²) in [5, 5.41) is 12.1. The van der Waals surface area contributed by atoms with Gasteiger partial charge in [0.2, 0.25) is 0 Å². The van der Waals surface area contributed by atoms with Crippen LogP contribution in [0.15, 0.2) is 23.7 Å². The number of carbonyl (C=O) groups is 1. The summed E-state index contributed by atoms with van der Waals surface area (Å²) in [7, 11) is 0. The number of thiophene rings is 1. The van der Waals surface area contributed by atoms with Gasteiger partial charge < -0.3 is 10.1 Å². The van der Waals surface area contributed by atoms with E-state index in [1.807, 2.05) is 13.0 Å². The second-order valence-corrected chi connectivity index (χ2v) is 6.45. The molecule has 0 radical (unpaired) electrons. The third-order valence-corrected chi connectivity index (χ3v) is 4.62. The smallest absolute Gasteiger partial charge is 0.254 e. The van der Waals surface area contributed by atoms with Gasteiger partial charge in [-0.3, -0.25) is 9.89 Å². The minimum Gasteiger partial charge on any atom is -0.381 e. The molecule has 1 amide bonds. The van der Waals surface area contributed by atoms with Crippen molar-refractivity contribution in [3.8, 4) is 0 Å². The molecule has 0 aromatic carbocycles. The number of ether oxygens (including phenoxy) is 1. The van der Waals surface area contributed by atoms with Crippen LogP contribution in [0.2, 0.25) is 0 Å². The van der Waals surface area contributed by atoms with Crippen molar-refractivity contribution in [3.63, 3.8) is 0 Å². The number of nitrogens with zero attached hydrogens (tertiary/aromatic N) is 1. The minimum atomic E-state index is -0.0605. The molecule has 21 heavy (non-hydrogen) atoms. The van der Waals surface area contributed by atoms with Crippen LogP contribution < -0.4 is 5.32 Å². The van der Waals surface area contributed by atoms with Gasteiger partial charge in [-0.05, 0) is 24.8 Å². The number of hydrogen-bond acceptors (Lipinski definition) is 4. The summed E-state index contributed by atoms with van der Waals surface area (Å²) in [5.74, 6) is 0.190. The third-order valence-electron chi connectivity index (χ3n) is 3.72. The number of carbonyl (C=O) groups excluding carboxylic acids is 1. The van der Waals surface area contributed by atoms with Gasteiger partial charge in [-0.1, -0.05) is 6.07 Å². The van der Waals surface area contributed by atoms with Gasteiger partial charge in [0.25, 0.3) is 5.91 Å². The van der Waals surface area contributed by atoms with E-state index in [0.29, 0.717) is 12.2 Å². The maximum Gasteiger partial charge on any atom is 0.254 e. The maximum atomic E-state index is 12.4. The fourth-order valence-corrected chi connectivity index (χ4v) is 3.47. The number of aromatic amines is 1. The lowest BCUT2D eigenvalue weighted by atomic mass is 10.0. The van der Waals surface area contributed by atoms with Crippen LogP contribution >= 0.6 is 11.3 Å². The molecule has 2 aromatic heterocycles. The standard InChI is InChI=1S/C15H19N3O2S/c1-10(7-12-3-2-6-21-12)17-15(19)13-8-16-18-14(13)11-4-5-20-9-11/h2-3,6,8,10-11H,4-5,7,9H2,1H3,(H,16,18)(H,17,19)/t10-,11-/m0/s1. The molecule has 3 heterocycles. The molecule has 112 valence electrons. The molecule has 2 N–H and O–H groups in total. The van der Waals surface area contributed by atoms with Crippen LogP contribution in [0.25, 0.3) is 0 Å². The number of rotatable bonds is 5. The van der Waals surface area contributed by atoms with E-state index in [9.17, 15) is 4.79 Å². The average molecular weight is 305 g/mol. The van der Waals surface area contributed by atoms with Gasteiger partial charge in [-0.25, -0.2) is 0 Å². The Morgan fingerprint density at radius 2 is 2.57 bits per heavy atom. The van der Waals surface area contributed by atoms with Crippen molar-refractivity contribution in [3.05, 3.63) is 39.8 Å². The summed E-state index contributed by atoms with van der Waals surface area (Å²) in [4.78, 5) is 13.7. The second-order valence-electron chi connectivity index (χ2n) is 5.42. The van der Waals surface area contributed by atoms with Crippen molar-refractivity contribution < 1.29 is 9.53 Å². The highest BCUT2D eigenvalue weighted by molar-refractivity contribution is 7.09. The Balaban J connectivity index is 1.64.